The maximum absolute atomic E-state index is 11.2. The third-order valence-electron chi connectivity index (χ3n) is 1.06. The van der Waals surface area contributed by atoms with Gasteiger partial charge in [0.25, 0.3) is 5.85 Å². The molecule has 1 unspecified atom stereocenters. The molecule has 14 heavy (non-hydrogen) atoms. The van der Waals surface area contributed by atoms with Crippen LogP contribution >= 0.6 is 64.1 Å². The molecule has 0 aliphatic carbocycles. The first kappa shape index (κ1) is 17.3. The highest BCUT2D eigenvalue weighted by atomic mass is 35.9. The van der Waals surface area contributed by atoms with Gasteiger partial charge in [0.05, 0.1) is 0 Å². The Balaban J connectivity index is 0. The summed E-state index contributed by atoms with van der Waals surface area (Å²) in [5.74, 6) is -3.79. The molecule has 0 saturated heterocycles. The molecule has 0 saturated carbocycles. The monoisotopic (exact) mass is 318 g/mol. The fraction of sp³-hybridized carbons (Fsp3) is 0.500. The summed E-state index contributed by atoms with van der Waals surface area (Å²) >= 11 is 16.4. The summed E-state index contributed by atoms with van der Waals surface area (Å²) in [6, 6.07) is 0. The van der Waals surface area contributed by atoms with Crippen molar-refractivity contribution in [2.45, 2.75) is 11.5 Å². The van der Waals surface area contributed by atoms with Crippen LogP contribution < -0.4 is 5.73 Å². The molecule has 0 aromatic rings. The fourth-order valence-corrected chi connectivity index (χ4v) is 2.30. The number of hydrogen-bond donors (Lipinski definition) is 2. The van der Waals surface area contributed by atoms with Crippen LogP contribution in [0.1, 0.15) is 6.92 Å². The maximum atomic E-state index is 11.2. The van der Waals surface area contributed by atoms with Gasteiger partial charge in [-0.2, -0.15) is 0 Å². The third kappa shape index (κ3) is 4.60. The number of amidine groups is 1. The smallest absolute Gasteiger partial charge is 0.281 e. The van der Waals surface area contributed by atoms with E-state index in [9.17, 15) is 9.36 Å². The van der Waals surface area contributed by atoms with E-state index < -0.39 is 20.7 Å². The number of hydrogen-bond acceptors (Lipinski definition) is 4. The second-order valence-electron chi connectivity index (χ2n) is 2.17. The van der Waals surface area contributed by atoms with Crippen molar-refractivity contribution in [2.24, 2.45) is 5.73 Å². The number of nitrogens with two attached hydrogens (primary N) is 1. The molecule has 0 aliphatic rings. The van der Waals surface area contributed by atoms with E-state index in [0.29, 0.717) is 11.8 Å². The molecule has 0 aliphatic heterocycles. The van der Waals surface area contributed by atoms with Gasteiger partial charge in [0, 0.05) is 0 Å². The van der Waals surface area contributed by atoms with Gasteiger partial charge in [-0.1, -0.05) is 11.6 Å². The minimum absolute atomic E-state index is 0. The molecule has 0 radical (unpaired) electrons. The van der Waals surface area contributed by atoms with Crippen molar-refractivity contribution in [3.63, 3.8) is 0 Å². The standard InChI is InChI=1S/C4H6Cl3N2O2PS.ClH/c1-4(5,12(6,7)11)2(10)13-3(8)9;/h1H3,(H3,8,9);1H. The maximum Gasteiger partial charge on any atom is 0.281 e. The van der Waals surface area contributed by atoms with E-state index in [-0.39, 0.29) is 12.4 Å². The van der Waals surface area contributed by atoms with Gasteiger partial charge in [-0.15, -0.1) is 12.4 Å². The average molecular weight is 320 g/mol. The Hall–Kier alpha value is 0.880. The predicted molar refractivity (Wildman–Crippen MR) is 65.3 cm³/mol. The minimum atomic E-state index is -3.79. The van der Waals surface area contributed by atoms with E-state index in [4.69, 9.17) is 45.2 Å². The number of thioether (sulfide) groups is 1. The Bertz CT molecular complexity index is 291. The van der Waals surface area contributed by atoms with Crippen LogP contribution in [0.4, 0.5) is 0 Å². The Kier molecular flexibility index (Phi) is 7.19. The van der Waals surface area contributed by atoms with Crippen LogP contribution in [0.5, 0.6) is 0 Å². The largest absolute Gasteiger partial charge is 0.378 e. The molecule has 3 N–H and O–H groups in total. The molecule has 0 amide bonds. The topological polar surface area (TPSA) is 84.0 Å². The highest BCUT2D eigenvalue weighted by Crippen LogP contribution is 2.69. The van der Waals surface area contributed by atoms with Crippen molar-refractivity contribution in [1.29, 1.82) is 5.41 Å². The molecule has 1 atom stereocenters. The molecule has 0 fully saturated rings. The second kappa shape index (κ2) is 5.83. The lowest BCUT2D eigenvalue weighted by atomic mass is 10.5. The number of carbonyl (C=O) groups is 1. The molecule has 0 rings (SSSR count). The summed E-state index contributed by atoms with van der Waals surface area (Å²) in [4.78, 5) is 11.2. The summed E-state index contributed by atoms with van der Waals surface area (Å²) in [5, 5.41) is 5.52. The van der Waals surface area contributed by atoms with E-state index in [1.165, 1.54) is 0 Å². The Morgan fingerprint density at radius 2 is 1.93 bits per heavy atom. The molecular weight excluding hydrogens is 313 g/mol. The average Bonchev–Trinajstić information content (AvgIpc) is 1.82. The molecular formula is C4H7Cl4N2O2PS. The van der Waals surface area contributed by atoms with Gasteiger partial charge in [-0.3, -0.25) is 14.8 Å². The number of rotatable bonds is 2. The molecule has 0 bridgehead atoms. The Morgan fingerprint density at radius 1 is 1.57 bits per heavy atom. The zero-order valence-corrected chi connectivity index (χ0v) is 11.6. The van der Waals surface area contributed by atoms with Gasteiger partial charge in [0.15, 0.2) is 9.78 Å². The second-order valence-corrected chi connectivity index (χ2v) is 9.40. The third-order valence-corrected chi connectivity index (χ3v) is 6.76. The number of nitrogens with one attached hydrogen (secondary N) is 1. The van der Waals surface area contributed by atoms with Gasteiger partial charge in [-0.05, 0) is 41.2 Å². The summed E-state index contributed by atoms with van der Waals surface area (Å²) in [6.45, 7) is 1.12. The molecule has 0 aromatic heterocycles. The van der Waals surface area contributed by atoms with E-state index in [0.717, 1.165) is 6.92 Å². The first-order chi connectivity index (χ1) is 5.59. The highest BCUT2D eigenvalue weighted by Gasteiger charge is 2.47. The van der Waals surface area contributed by atoms with Crippen LogP contribution in [0.2, 0.25) is 0 Å². The fourth-order valence-electron chi connectivity index (χ4n) is 0.299. The van der Waals surface area contributed by atoms with Gasteiger partial charge in [-0.25, -0.2) is 0 Å². The SMILES string of the molecule is CC(Cl)(C(=O)SC(=N)N)P(=O)(Cl)Cl.Cl. The lowest BCUT2D eigenvalue weighted by molar-refractivity contribution is -0.111. The molecule has 84 valence electrons. The molecule has 0 heterocycles. The lowest BCUT2D eigenvalue weighted by Gasteiger charge is -2.19. The Morgan fingerprint density at radius 3 is 2.14 bits per heavy atom. The van der Waals surface area contributed by atoms with Crippen molar-refractivity contribution in [3.8, 4) is 0 Å². The zero-order valence-electron chi connectivity index (χ0n) is 6.79. The van der Waals surface area contributed by atoms with Crippen LogP contribution in [0.15, 0.2) is 0 Å². The van der Waals surface area contributed by atoms with Crippen molar-refractivity contribution in [2.75, 3.05) is 0 Å². The van der Waals surface area contributed by atoms with Crippen LogP contribution in [0.25, 0.3) is 0 Å². The number of carbonyl (C=O) groups excluding carboxylic acids is 1. The van der Waals surface area contributed by atoms with Crippen LogP contribution in [0.3, 0.4) is 0 Å². The minimum Gasteiger partial charge on any atom is -0.378 e. The lowest BCUT2D eigenvalue weighted by Crippen LogP contribution is -2.25. The van der Waals surface area contributed by atoms with Crippen molar-refractivity contribution in [3.05, 3.63) is 0 Å². The first-order valence-electron chi connectivity index (χ1n) is 2.83. The Labute approximate surface area is 106 Å². The summed E-state index contributed by atoms with van der Waals surface area (Å²) < 4.78 is 9.20. The van der Waals surface area contributed by atoms with E-state index in [1.54, 1.807) is 0 Å². The molecule has 10 heteroatoms. The summed E-state index contributed by atoms with van der Waals surface area (Å²) in [5.41, 5.74) is 4.92. The predicted octanol–water partition coefficient (Wildman–Crippen LogP) is 3.19. The quantitative estimate of drug-likeness (QED) is 0.354. The molecule has 4 nitrogen and oxygen atoms in total. The highest BCUT2D eigenvalue weighted by molar-refractivity contribution is 8.28. The van der Waals surface area contributed by atoms with E-state index in [2.05, 4.69) is 0 Å². The molecule has 0 spiro atoms. The summed E-state index contributed by atoms with van der Waals surface area (Å²) in [6.07, 6.45) is 0. The zero-order chi connectivity index (χ0) is 10.9. The van der Waals surface area contributed by atoms with Crippen LogP contribution in [-0.2, 0) is 9.36 Å². The van der Waals surface area contributed by atoms with Crippen molar-refractivity contribution in [1.82, 2.24) is 0 Å². The van der Waals surface area contributed by atoms with Gasteiger partial charge < -0.3 is 5.73 Å². The molecule has 0 aromatic carbocycles. The van der Waals surface area contributed by atoms with Gasteiger partial charge in [0.2, 0.25) is 5.12 Å². The van der Waals surface area contributed by atoms with Gasteiger partial charge >= 0.3 is 0 Å². The van der Waals surface area contributed by atoms with Crippen molar-refractivity contribution >= 4 is 74.4 Å². The number of halogens is 4. The van der Waals surface area contributed by atoms with Crippen LogP contribution in [0, 0.1) is 5.41 Å². The summed E-state index contributed by atoms with van der Waals surface area (Å²) in [7, 11) is 0. The van der Waals surface area contributed by atoms with E-state index >= 15 is 0 Å². The first-order valence-corrected chi connectivity index (χ1v) is 7.55. The van der Waals surface area contributed by atoms with Crippen molar-refractivity contribution < 1.29 is 9.36 Å². The van der Waals surface area contributed by atoms with Gasteiger partial charge in [0.1, 0.15) is 0 Å². The normalized spacial score (nSPS) is 15.1. The van der Waals surface area contributed by atoms with Crippen LogP contribution in [-0.4, -0.2) is 14.9 Å². The van der Waals surface area contributed by atoms with E-state index in [1.807, 2.05) is 0 Å². The number of alkyl halides is 1.